The molecule has 0 amide bonds. The lowest BCUT2D eigenvalue weighted by molar-refractivity contribution is 0.0327. The summed E-state index contributed by atoms with van der Waals surface area (Å²) in [5, 5.41) is 0. The van der Waals surface area contributed by atoms with Crippen LogP contribution in [0.2, 0.25) is 0 Å². The number of rotatable bonds is 7. The van der Waals surface area contributed by atoms with Gasteiger partial charge in [-0.2, -0.15) is 0 Å². The first kappa shape index (κ1) is 13.2. The molecular formula is C14H23NO. The van der Waals surface area contributed by atoms with Crippen molar-refractivity contribution >= 4 is 0 Å². The molecule has 1 rings (SSSR count). The molecule has 0 aliphatic carbocycles. The molecule has 1 aromatic carbocycles. The van der Waals surface area contributed by atoms with Crippen molar-refractivity contribution in [2.45, 2.75) is 33.3 Å². The van der Waals surface area contributed by atoms with Crippen molar-refractivity contribution in [3.8, 4) is 0 Å². The summed E-state index contributed by atoms with van der Waals surface area (Å²) in [4.78, 5) is 0. The predicted octanol–water partition coefficient (Wildman–Crippen LogP) is 2.97. The SMILES string of the molecule is CCC(CC)(CN)COCc1ccccc1. The Morgan fingerprint density at radius 2 is 1.75 bits per heavy atom. The van der Waals surface area contributed by atoms with E-state index in [9.17, 15) is 0 Å². The molecule has 0 heterocycles. The largest absolute Gasteiger partial charge is 0.376 e. The van der Waals surface area contributed by atoms with Crippen LogP contribution in [0.5, 0.6) is 0 Å². The van der Waals surface area contributed by atoms with Gasteiger partial charge in [-0.15, -0.1) is 0 Å². The van der Waals surface area contributed by atoms with Crippen LogP contribution in [0.25, 0.3) is 0 Å². The Bertz CT molecular complexity index is 272. The van der Waals surface area contributed by atoms with Crippen LogP contribution in [0.15, 0.2) is 30.3 Å². The zero-order valence-corrected chi connectivity index (χ0v) is 10.4. The summed E-state index contributed by atoms with van der Waals surface area (Å²) in [6.45, 7) is 6.51. The van der Waals surface area contributed by atoms with Gasteiger partial charge in [-0.3, -0.25) is 0 Å². The fourth-order valence-corrected chi connectivity index (χ4v) is 1.76. The Hall–Kier alpha value is -0.860. The monoisotopic (exact) mass is 221 g/mol. The first-order valence-electron chi connectivity index (χ1n) is 6.08. The summed E-state index contributed by atoms with van der Waals surface area (Å²) in [6, 6.07) is 10.3. The molecular weight excluding hydrogens is 198 g/mol. The first-order valence-corrected chi connectivity index (χ1v) is 6.08. The third-order valence-corrected chi connectivity index (χ3v) is 3.45. The highest BCUT2D eigenvalue weighted by Gasteiger charge is 2.24. The molecule has 2 heteroatoms. The summed E-state index contributed by atoms with van der Waals surface area (Å²) < 4.78 is 5.78. The third-order valence-electron chi connectivity index (χ3n) is 3.45. The van der Waals surface area contributed by atoms with Crippen LogP contribution < -0.4 is 5.73 Å². The quantitative estimate of drug-likeness (QED) is 0.768. The molecule has 2 N–H and O–H groups in total. The van der Waals surface area contributed by atoms with E-state index in [1.807, 2.05) is 18.2 Å². The second-order valence-corrected chi connectivity index (χ2v) is 4.39. The number of nitrogens with two attached hydrogens (primary N) is 1. The van der Waals surface area contributed by atoms with Gasteiger partial charge in [0.1, 0.15) is 0 Å². The van der Waals surface area contributed by atoms with Crippen molar-refractivity contribution in [3.05, 3.63) is 35.9 Å². The molecule has 2 nitrogen and oxygen atoms in total. The maximum absolute atomic E-state index is 5.83. The average molecular weight is 221 g/mol. The fourth-order valence-electron chi connectivity index (χ4n) is 1.76. The zero-order valence-electron chi connectivity index (χ0n) is 10.4. The summed E-state index contributed by atoms with van der Waals surface area (Å²) in [5.74, 6) is 0. The number of benzene rings is 1. The molecule has 1 aromatic rings. The van der Waals surface area contributed by atoms with Crippen molar-refractivity contribution in [1.82, 2.24) is 0 Å². The van der Waals surface area contributed by atoms with Gasteiger partial charge in [0.2, 0.25) is 0 Å². The number of ether oxygens (including phenoxy) is 1. The van der Waals surface area contributed by atoms with Crippen LogP contribution in [0, 0.1) is 5.41 Å². The van der Waals surface area contributed by atoms with E-state index in [-0.39, 0.29) is 5.41 Å². The van der Waals surface area contributed by atoms with Gasteiger partial charge in [-0.1, -0.05) is 44.2 Å². The van der Waals surface area contributed by atoms with E-state index in [0.717, 1.165) is 19.4 Å². The van der Waals surface area contributed by atoms with Gasteiger partial charge in [0.05, 0.1) is 13.2 Å². The van der Waals surface area contributed by atoms with Crippen LogP contribution >= 0.6 is 0 Å². The Labute approximate surface area is 98.8 Å². The minimum absolute atomic E-state index is 0.161. The fraction of sp³-hybridized carbons (Fsp3) is 0.571. The normalized spacial score (nSPS) is 11.7. The zero-order chi connectivity index (χ0) is 11.9. The van der Waals surface area contributed by atoms with Crippen molar-refractivity contribution < 1.29 is 4.74 Å². The lowest BCUT2D eigenvalue weighted by atomic mass is 9.83. The Morgan fingerprint density at radius 3 is 2.25 bits per heavy atom. The Morgan fingerprint density at radius 1 is 1.12 bits per heavy atom. The second kappa shape index (κ2) is 6.66. The molecule has 0 aromatic heterocycles. The summed E-state index contributed by atoms with van der Waals surface area (Å²) in [5.41, 5.74) is 7.21. The van der Waals surface area contributed by atoms with Crippen LogP contribution in [0.1, 0.15) is 32.3 Å². The Kier molecular flexibility index (Phi) is 5.50. The third kappa shape index (κ3) is 3.62. The lowest BCUT2D eigenvalue weighted by Gasteiger charge is -2.29. The number of hydrogen-bond donors (Lipinski definition) is 1. The minimum atomic E-state index is 0.161. The van der Waals surface area contributed by atoms with Crippen molar-refractivity contribution in [2.24, 2.45) is 11.1 Å². The molecule has 0 fully saturated rings. The van der Waals surface area contributed by atoms with E-state index in [2.05, 4.69) is 26.0 Å². The van der Waals surface area contributed by atoms with E-state index in [0.29, 0.717) is 13.2 Å². The highest BCUT2D eigenvalue weighted by Crippen LogP contribution is 2.25. The molecule has 0 bridgehead atoms. The molecule has 0 aliphatic heterocycles. The van der Waals surface area contributed by atoms with Gasteiger partial charge >= 0.3 is 0 Å². The smallest absolute Gasteiger partial charge is 0.0717 e. The van der Waals surface area contributed by atoms with Gasteiger partial charge in [0.25, 0.3) is 0 Å². The summed E-state index contributed by atoms with van der Waals surface area (Å²) in [7, 11) is 0. The van der Waals surface area contributed by atoms with Crippen LogP contribution in [-0.4, -0.2) is 13.2 Å². The van der Waals surface area contributed by atoms with E-state index in [1.54, 1.807) is 0 Å². The maximum atomic E-state index is 5.83. The molecule has 0 saturated heterocycles. The van der Waals surface area contributed by atoms with Crippen molar-refractivity contribution in [1.29, 1.82) is 0 Å². The van der Waals surface area contributed by atoms with Crippen molar-refractivity contribution in [3.63, 3.8) is 0 Å². The highest BCUT2D eigenvalue weighted by molar-refractivity contribution is 5.13. The van der Waals surface area contributed by atoms with Gasteiger partial charge in [0.15, 0.2) is 0 Å². The predicted molar refractivity (Wildman–Crippen MR) is 68.2 cm³/mol. The van der Waals surface area contributed by atoms with E-state index in [1.165, 1.54) is 5.56 Å². The average Bonchev–Trinajstić information content (AvgIpc) is 2.37. The van der Waals surface area contributed by atoms with E-state index >= 15 is 0 Å². The standard InChI is InChI=1S/C14H23NO/c1-3-14(4-2,11-15)12-16-10-13-8-6-5-7-9-13/h5-9H,3-4,10-12,15H2,1-2H3. The van der Waals surface area contributed by atoms with Gasteiger partial charge < -0.3 is 10.5 Å². The Balaban J connectivity index is 2.39. The maximum Gasteiger partial charge on any atom is 0.0717 e. The van der Waals surface area contributed by atoms with Gasteiger partial charge in [-0.25, -0.2) is 0 Å². The summed E-state index contributed by atoms with van der Waals surface area (Å²) >= 11 is 0. The molecule has 16 heavy (non-hydrogen) atoms. The summed E-state index contributed by atoms with van der Waals surface area (Å²) in [6.07, 6.45) is 2.16. The molecule has 0 aliphatic rings. The molecule has 0 atom stereocenters. The molecule has 0 unspecified atom stereocenters. The second-order valence-electron chi connectivity index (χ2n) is 4.39. The van der Waals surface area contributed by atoms with Crippen molar-refractivity contribution in [2.75, 3.05) is 13.2 Å². The van der Waals surface area contributed by atoms with E-state index in [4.69, 9.17) is 10.5 Å². The lowest BCUT2D eigenvalue weighted by Crippen LogP contribution is -2.34. The van der Waals surface area contributed by atoms with Gasteiger partial charge in [-0.05, 0) is 18.4 Å². The topological polar surface area (TPSA) is 35.2 Å². The number of hydrogen-bond acceptors (Lipinski definition) is 2. The highest BCUT2D eigenvalue weighted by atomic mass is 16.5. The van der Waals surface area contributed by atoms with Crippen LogP contribution in [0.4, 0.5) is 0 Å². The molecule has 90 valence electrons. The van der Waals surface area contributed by atoms with Crippen LogP contribution in [0.3, 0.4) is 0 Å². The minimum Gasteiger partial charge on any atom is -0.376 e. The molecule has 0 radical (unpaired) electrons. The van der Waals surface area contributed by atoms with Gasteiger partial charge in [0, 0.05) is 12.0 Å². The first-order chi connectivity index (χ1) is 7.76. The molecule has 0 spiro atoms. The molecule has 0 saturated carbocycles. The van der Waals surface area contributed by atoms with E-state index < -0.39 is 0 Å². The van der Waals surface area contributed by atoms with Crippen LogP contribution in [-0.2, 0) is 11.3 Å².